The molecule has 8 heteroatoms. The predicted molar refractivity (Wildman–Crippen MR) is 94.1 cm³/mol. The topological polar surface area (TPSA) is 66.8 Å². The third-order valence-corrected chi connectivity index (χ3v) is 7.43. The maximum atomic E-state index is 14.3. The van der Waals surface area contributed by atoms with Gasteiger partial charge in [-0.1, -0.05) is 0 Å². The second-order valence-corrected chi connectivity index (χ2v) is 8.82. The van der Waals surface area contributed by atoms with E-state index in [1.165, 1.54) is 41.8 Å². The molecule has 2 atom stereocenters. The first-order valence-corrected chi connectivity index (χ1v) is 10.2. The summed E-state index contributed by atoms with van der Waals surface area (Å²) in [5, 5.41) is 13.6. The lowest BCUT2D eigenvalue weighted by molar-refractivity contribution is 0.223. The Morgan fingerprint density at radius 3 is 2.72 bits per heavy atom. The van der Waals surface area contributed by atoms with Crippen LogP contribution in [0, 0.1) is 18.7 Å². The summed E-state index contributed by atoms with van der Waals surface area (Å²) in [6.45, 7) is 1.83. The van der Waals surface area contributed by atoms with Gasteiger partial charge in [-0.15, -0.1) is 0 Å². The highest BCUT2D eigenvalue weighted by atomic mass is 32.2. The highest BCUT2D eigenvalue weighted by Gasteiger charge is 2.40. The van der Waals surface area contributed by atoms with E-state index in [1.54, 1.807) is 0 Å². The average Bonchev–Trinajstić information content (AvgIpc) is 3.25. The van der Waals surface area contributed by atoms with Crippen LogP contribution in [0.5, 0.6) is 5.75 Å². The molecule has 0 amide bonds. The van der Waals surface area contributed by atoms with E-state index < -0.39 is 15.8 Å². The zero-order chi connectivity index (χ0) is 18.2. The first-order chi connectivity index (χ1) is 11.9. The fraction of sp³-hybridized carbons (Fsp3) is 0.412. The second kappa shape index (κ2) is 7.03. The number of ether oxygens (including phenoxy) is 1. The zero-order valence-corrected chi connectivity index (χ0v) is 15.6. The van der Waals surface area contributed by atoms with E-state index >= 15 is 0 Å². The fourth-order valence-electron chi connectivity index (χ4n) is 3.30. The van der Waals surface area contributed by atoms with E-state index in [0.29, 0.717) is 0 Å². The summed E-state index contributed by atoms with van der Waals surface area (Å²) in [6, 6.07) is 4.65. The first kappa shape index (κ1) is 18.3. The van der Waals surface area contributed by atoms with Crippen LogP contribution in [0.4, 0.5) is 4.39 Å². The highest BCUT2D eigenvalue weighted by Crippen LogP contribution is 2.37. The van der Waals surface area contributed by atoms with Crippen LogP contribution in [0.2, 0.25) is 0 Å². The molecule has 0 spiro atoms. The van der Waals surface area contributed by atoms with Crippen LogP contribution in [-0.2, 0) is 10.0 Å². The van der Waals surface area contributed by atoms with E-state index in [0.717, 1.165) is 5.56 Å². The van der Waals surface area contributed by atoms with Crippen LogP contribution in [-0.4, -0.2) is 44.6 Å². The van der Waals surface area contributed by atoms with E-state index in [4.69, 9.17) is 4.74 Å². The number of rotatable bonds is 5. The van der Waals surface area contributed by atoms with Gasteiger partial charge in [-0.3, -0.25) is 0 Å². The Morgan fingerprint density at radius 1 is 1.36 bits per heavy atom. The van der Waals surface area contributed by atoms with Crippen molar-refractivity contribution in [3.8, 4) is 5.75 Å². The van der Waals surface area contributed by atoms with Crippen molar-refractivity contribution >= 4 is 21.4 Å². The normalized spacial score (nSPS) is 21.6. The van der Waals surface area contributed by atoms with Crippen molar-refractivity contribution in [3.63, 3.8) is 0 Å². The van der Waals surface area contributed by atoms with Crippen molar-refractivity contribution in [1.82, 2.24) is 4.31 Å². The smallest absolute Gasteiger partial charge is 0.243 e. The molecule has 0 aliphatic carbocycles. The van der Waals surface area contributed by atoms with Gasteiger partial charge < -0.3 is 9.84 Å². The quantitative estimate of drug-likeness (QED) is 0.859. The predicted octanol–water partition coefficient (Wildman–Crippen LogP) is 2.60. The molecule has 0 bridgehead atoms. The number of hydrogen-bond donors (Lipinski definition) is 1. The lowest BCUT2D eigenvalue weighted by atomic mass is 9.92. The zero-order valence-electron chi connectivity index (χ0n) is 14.0. The Labute approximate surface area is 150 Å². The van der Waals surface area contributed by atoms with Crippen LogP contribution in [0.25, 0.3) is 0 Å². The van der Waals surface area contributed by atoms with Gasteiger partial charge in [-0.2, -0.15) is 15.6 Å². The summed E-state index contributed by atoms with van der Waals surface area (Å²) < 4.78 is 46.6. The van der Waals surface area contributed by atoms with Gasteiger partial charge in [0, 0.05) is 37.1 Å². The van der Waals surface area contributed by atoms with Crippen molar-refractivity contribution in [3.05, 3.63) is 45.9 Å². The summed E-state index contributed by atoms with van der Waals surface area (Å²) in [6.07, 6.45) is 0. The molecule has 2 aromatic rings. The summed E-state index contributed by atoms with van der Waals surface area (Å²) >= 11 is 1.54. The molecule has 25 heavy (non-hydrogen) atoms. The maximum Gasteiger partial charge on any atom is 0.243 e. The Kier molecular flexibility index (Phi) is 5.15. The summed E-state index contributed by atoms with van der Waals surface area (Å²) in [5.74, 6) is -0.889. The van der Waals surface area contributed by atoms with Crippen molar-refractivity contribution in [2.24, 2.45) is 5.92 Å². The Balaban J connectivity index is 1.95. The SMILES string of the molecule is COc1ccc(S(=O)(=O)N2CC(CO)C(c3ccsc3)C2)c(C)c1F. The number of halogens is 1. The maximum absolute atomic E-state index is 14.3. The van der Waals surface area contributed by atoms with Gasteiger partial charge in [0.2, 0.25) is 10.0 Å². The van der Waals surface area contributed by atoms with Gasteiger partial charge in [0.25, 0.3) is 0 Å². The van der Waals surface area contributed by atoms with Crippen molar-refractivity contribution in [2.45, 2.75) is 17.7 Å². The van der Waals surface area contributed by atoms with Crippen LogP contribution < -0.4 is 4.74 Å². The third-order valence-electron chi connectivity index (χ3n) is 4.75. The van der Waals surface area contributed by atoms with Crippen LogP contribution in [0.3, 0.4) is 0 Å². The van der Waals surface area contributed by atoms with E-state index in [2.05, 4.69) is 0 Å². The molecule has 0 saturated carbocycles. The average molecular weight is 385 g/mol. The van der Waals surface area contributed by atoms with Gasteiger partial charge in [-0.05, 0) is 41.4 Å². The van der Waals surface area contributed by atoms with Crippen molar-refractivity contribution < 1.29 is 22.7 Å². The van der Waals surface area contributed by atoms with Gasteiger partial charge >= 0.3 is 0 Å². The van der Waals surface area contributed by atoms with E-state index in [-0.39, 0.29) is 47.7 Å². The molecule has 1 saturated heterocycles. The monoisotopic (exact) mass is 385 g/mol. The van der Waals surface area contributed by atoms with Gasteiger partial charge in [-0.25, -0.2) is 12.8 Å². The van der Waals surface area contributed by atoms with Crippen LogP contribution in [0.1, 0.15) is 17.0 Å². The summed E-state index contributed by atoms with van der Waals surface area (Å²) in [7, 11) is -2.52. The number of sulfonamides is 1. The number of aliphatic hydroxyl groups is 1. The molecule has 3 rings (SSSR count). The standard InChI is InChI=1S/C17H20FNO4S2/c1-11-16(4-3-15(23-2)17(11)18)25(21,22)19-7-13(9-20)14(8-19)12-5-6-24-10-12/h3-6,10,13-14,20H,7-9H2,1-2H3. The van der Waals surface area contributed by atoms with Gasteiger partial charge in [0.15, 0.2) is 11.6 Å². The van der Waals surface area contributed by atoms with Gasteiger partial charge in [0.1, 0.15) is 0 Å². The molecular weight excluding hydrogens is 365 g/mol. The molecule has 1 fully saturated rings. The number of hydrogen-bond acceptors (Lipinski definition) is 5. The van der Waals surface area contributed by atoms with Gasteiger partial charge in [0.05, 0.1) is 12.0 Å². The molecule has 1 N–H and O–H groups in total. The molecule has 2 unspecified atom stereocenters. The van der Waals surface area contributed by atoms with E-state index in [1.807, 2.05) is 16.8 Å². The molecular formula is C17H20FNO4S2. The largest absolute Gasteiger partial charge is 0.494 e. The Hall–Kier alpha value is -1.48. The molecule has 5 nitrogen and oxygen atoms in total. The third kappa shape index (κ3) is 3.19. The van der Waals surface area contributed by atoms with Crippen LogP contribution in [0.15, 0.2) is 33.9 Å². The summed E-state index contributed by atoms with van der Waals surface area (Å²) in [5.41, 5.74) is 1.07. The molecule has 136 valence electrons. The van der Waals surface area contributed by atoms with Crippen molar-refractivity contribution in [1.29, 1.82) is 0 Å². The lowest BCUT2D eigenvalue weighted by Gasteiger charge is -2.19. The van der Waals surface area contributed by atoms with Crippen LogP contribution >= 0.6 is 11.3 Å². The number of thiophene rings is 1. The van der Waals surface area contributed by atoms with Crippen molar-refractivity contribution in [2.75, 3.05) is 26.8 Å². The highest BCUT2D eigenvalue weighted by molar-refractivity contribution is 7.89. The molecule has 1 aliphatic rings. The first-order valence-electron chi connectivity index (χ1n) is 7.86. The fourth-order valence-corrected chi connectivity index (χ4v) is 5.76. The Morgan fingerprint density at radius 2 is 2.12 bits per heavy atom. The second-order valence-electron chi connectivity index (χ2n) is 6.13. The Bertz CT molecular complexity index is 852. The molecule has 1 aliphatic heterocycles. The molecule has 2 heterocycles. The number of nitrogens with zero attached hydrogens (tertiary/aromatic N) is 1. The minimum Gasteiger partial charge on any atom is -0.494 e. The minimum absolute atomic E-state index is 0.0160. The number of methoxy groups -OCH3 is 1. The number of benzene rings is 1. The minimum atomic E-state index is -3.85. The van der Waals surface area contributed by atoms with E-state index in [9.17, 15) is 17.9 Å². The number of aliphatic hydroxyl groups excluding tert-OH is 1. The summed E-state index contributed by atoms with van der Waals surface area (Å²) in [4.78, 5) is -0.0616. The molecule has 1 aromatic heterocycles. The lowest BCUT2D eigenvalue weighted by Crippen LogP contribution is -2.30. The molecule has 0 radical (unpaired) electrons. The molecule has 1 aromatic carbocycles.